The van der Waals surface area contributed by atoms with E-state index >= 15 is 0 Å². The van der Waals surface area contributed by atoms with Gasteiger partial charge in [0, 0.05) is 0 Å². The van der Waals surface area contributed by atoms with Gasteiger partial charge in [-0.1, -0.05) is 68.2 Å². The molecule has 0 spiro atoms. The molecule has 0 aromatic heterocycles. The van der Waals surface area contributed by atoms with Gasteiger partial charge >= 0.3 is 99.2 Å². The molecule has 2 aliphatic carbocycles. The van der Waals surface area contributed by atoms with Crippen molar-refractivity contribution in [3.63, 3.8) is 0 Å². The van der Waals surface area contributed by atoms with Gasteiger partial charge in [0.2, 0.25) is 0 Å². The van der Waals surface area contributed by atoms with Crippen molar-refractivity contribution < 1.29 is 49.0 Å². The topological polar surface area (TPSA) is 0 Å². The van der Waals surface area contributed by atoms with E-state index in [-0.39, 0.29) is 24.8 Å². The molecule has 0 aliphatic heterocycles. The van der Waals surface area contributed by atoms with Crippen LogP contribution in [-0.4, -0.2) is 3.21 Å². The third kappa shape index (κ3) is 9.34. The van der Waals surface area contributed by atoms with Crippen molar-refractivity contribution in [2.45, 2.75) is 33.6 Å². The Kier molecular flexibility index (Phi) is 14.1. The minimum absolute atomic E-state index is 0. The summed E-state index contributed by atoms with van der Waals surface area (Å²) in [5.74, 6) is 0. The Morgan fingerprint density at radius 3 is 1.83 bits per heavy atom. The predicted octanol–water partition coefficient (Wildman–Crippen LogP) is 3.88. The second kappa shape index (κ2) is 16.7. The Morgan fingerprint density at radius 1 is 0.786 bits per heavy atom. The molecule has 0 atom stereocenters. The molecule has 6 rings (SSSR count). The van der Waals surface area contributed by atoms with Crippen LogP contribution in [0.15, 0.2) is 122 Å². The van der Waals surface area contributed by atoms with Crippen LogP contribution in [0.2, 0.25) is 0 Å². The summed E-state index contributed by atoms with van der Waals surface area (Å²) in [6.45, 7) is 14.3. The van der Waals surface area contributed by atoms with Gasteiger partial charge in [0.25, 0.3) is 0 Å². The van der Waals surface area contributed by atoms with E-state index in [0.717, 1.165) is 18.4 Å². The van der Waals surface area contributed by atoms with Crippen molar-refractivity contribution in [3.05, 3.63) is 167 Å². The van der Waals surface area contributed by atoms with Crippen LogP contribution in [0.4, 0.5) is 0 Å². The molecule has 0 heterocycles. The molecule has 0 nitrogen and oxygen atoms in total. The fourth-order valence-electron chi connectivity index (χ4n) is 4.66. The molecular formula is C39H36Cl2Zr-2. The van der Waals surface area contributed by atoms with Crippen molar-refractivity contribution in [2.24, 2.45) is 5.41 Å². The number of rotatable bonds is 4. The summed E-state index contributed by atoms with van der Waals surface area (Å²) in [6, 6.07) is 35.2. The van der Waals surface area contributed by atoms with Crippen LogP contribution in [0.1, 0.15) is 60.6 Å². The maximum absolute atomic E-state index is 3.82. The predicted molar refractivity (Wildman–Crippen MR) is 170 cm³/mol. The molecule has 0 radical (unpaired) electrons. The molecule has 4 aromatic carbocycles. The zero-order valence-electron chi connectivity index (χ0n) is 24.6. The first kappa shape index (κ1) is 35.4. The van der Waals surface area contributed by atoms with Gasteiger partial charge < -0.3 is 24.8 Å². The van der Waals surface area contributed by atoms with Gasteiger partial charge in [-0.15, -0.1) is 30.2 Å². The average molecular weight is 667 g/mol. The van der Waals surface area contributed by atoms with E-state index in [0.29, 0.717) is 5.41 Å². The Labute approximate surface area is 280 Å². The molecule has 3 heteroatoms. The van der Waals surface area contributed by atoms with Crippen LogP contribution in [0.3, 0.4) is 0 Å². The van der Waals surface area contributed by atoms with Gasteiger partial charge in [0.15, 0.2) is 0 Å². The number of hydrogen-bond donors (Lipinski definition) is 0. The second-order valence-electron chi connectivity index (χ2n) is 10.9. The third-order valence-corrected chi connectivity index (χ3v) is 8.42. The van der Waals surface area contributed by atoms with E-state index in [1.54, 1.807) is 0 Å². The van der Waals surface area contributed by atoms with Crippen LogP contribution in [0.25, 0.3) is 23.3 Å². The summed E-state index contributed by atoms with van der Waals surface area (Å²) in [7, 11) is 0. The van der Waals surface area contributed by atoms with E-state index in [4.69, 9.17) is 0 Å². The quantitative estimate of drug-likeness (QED) is 0.256. The van der Waals surface area contributed by atoms with E-state index in [1.807, 2.05) is 18.2 Å². The molecule has 0 saturated heterocycles. The molecule has 4 aromatic rings. The summed E-state index contributed by atoms with van der Waals surface area (Å²) in [5.41, 5.74) is 12.0. The van der Waals surface area contributed by atoms with Crippen molar-refractivity contribution in [1.82, 2.24) is 0 Å². The summed E-state index contributed by atoms with van der Waals surface area (Å²) in [5, 5.41) is 0. The van der Waals surface area contributed by atoms with Crippen LogP contribution in [0.5, 0.6) is 0 Å². The Bertz CT molecular complexity index is 1460. The van der Waals surface area contributed by atoms with E-state index in [2.05, 4.69) is 143 Å². The molecule has 0 saturated carbocycles. The van der Waals surface area contributed by atoms with Gasteiger partial charge in [-0.2, -0.15) is 35.4 Å². The first-order chi connectivity index (χ1) is 19.3. The molecule has 2 aliphatic rings. The zero-order valence-corrected chi connectivity index (χ0v) is 28.5. The first-order valence-corrected chi connectivity index (χ1v) is 14.9. The van der Waals surface area contributed by atoms with Gasteiger partial charge in [-0.25, -0.2) is 6.08 Å². The number of benzene rings is 4. The van der Waals surface area contributed by atoms with Gasteiger partial charge in [0.1, 0.15) is 0 Å². The van der Waals surface area contributed by atoms with E-state index in [9.17, 15) is 0 Å². The van der Waals surface area contributed by atoms with Crippen molar-refractivity contribution >= 4 is 15.4 Å². The Hall–Kier alpha value is -2.83. The van der Waals surface area contributed by atoms with Crippen LogP contribution < -0.4 is 24.8 Å². The van der Waals surface area contributed by atoms with Crippen molar-refractivity contribution in [3.8, 4) is 11.1 Å². The number of hydrogen-bond acceptors (Lipinski definition) is 0. The number of allylic oxidation sites excluding steroid dienone is 4. The summed E-state index contributed by atoms with van der Waals surface area (Å²) < 4.78 is 1.42. The first-order valence-electron chi connectivity index (χ1n) is 13.7. The summed E-state index contributed by atoms with van der Waals surface area (Å²) >= 11 is 1.46. The molecule has 0 unspecified atom stereocenters. The fourth-order valence-corrected chi connectivity index (χ4v) is 5.48. The number of fused-ring (bicyclic) bond motifs is 3. The standard InChI is InChI=1S/C17H13.C13H10.C9H13.2ClH.Zr/c1-3-12-5-7-14-11-15-8-6-13(4-2)10-17(15)16(14)9-12;1-3-7-12(8-4-1)11-13-9-5-2-6-10-13;1-9(2,3)8-6-4-5-7-8;;;/h3-7,9-10H,1-2,11H2;1-10H;6-7H,4H2,1-3H3;2*1H;/q-1;;-1;;;+2/p-2. The van der Waals surface area contributed by atoms with Crippen LogP contribution in [-0.2, 0) is 30.7 Å². The monoisotopic (exact) mass is 664 g/mol. The molecule has 0 fully saturated rings. The minimum atomic E-state index is 0. The Balaban J connectivity index is 0.000000225. The number of halogens is 2. The SMILES string of the molecule is C=Cc1c[c-]c2c(c1)-c1cc(C=C)ccc1C2.CC(C)(C)C1=CC[C-]=C1.[Cl-].[Cl-].[Zr+2]=[C](c1ccccc1)c1ccccc1. The van der Waals surface area contributed by atoms with Gasteiger partial charge in [-0.3, -0.25) is 6.08 Å². The molecule has 212 valence electrons. The molecule has 0 N–H and O–H groups in total. The van der Waals surface area contributed by atoms with Gasteiger partial charge in [0.05, 0.1) is 0 Å². The van der Waals surface area contributed by atoms with Crippen molar-refractivity contribution in [2.75, 3.05) is 0 Å². The zero-order chi connectivity index (χ0) is 28.5. The third-order valence-electron chi connectivity index (χ3n) is 7.00. The summed E-state index contributed by atoms with van der Waals surface area (Å²) in [4.78, 5) is 0. The molecular weight excluding hydrogens is 631 g/mol. The average Bonchev–Trinajstić information content (AvgIpc) is 3.67. The van der Waals surface area contributed by atoms with E-state index < -0.39 is 0 Å². The van der Waals surface area contributed by atoms with E-state index in [1.165, 1.54) is 72.0 Å². The molecule has 42 heavy (non-hydrogen) atoms. The second-order valence-corrected chi connectivity index (χ2v) is 12.1. The molecule has 0 bridgehead atoms. The molecule has 0 amide bonds. The Morgan fingerprint density at radius 2 is 1.36 bits per heavy atom. The maximum atomic E-state index is 3.82. The summed E-state index contributed by atoms with van der Waals surface area (Å²) in [6.07, 6.45) is 13.2. The fraction of sp³-hybridized carbons (Fsp3) is 0.154. The van der Waals surface area contributed by atoms with Crippen LogP contribution >= 0.6 is 0 Å². The van der Waals surface area contributed by atoms with Crippen LogP contribution in [0, 0.1) is 17.6 Å². The normalized spacial score (nSPS) is 12.0. The van der Waals surface area contributed by atoms with Crippen molar-refractivity contribution in [1.29, 1.82) is 0 Å². The van der Waals surface area contributed by atoms with Gasteiger partial charge in [-0.05, 0) is 12.0 Å².